The fraction of sp³-hybridized carbons (Fsp3) is 0.857. The third-order valence-electron chi connectivity index (χ3n) is 1.79. The molecule has 0 aromatic carbocycles. The normalized spacial score (nSPS) is 24.9. The van der Waals surface area contributed by atoms with Gasteiger partial charge in [0.15, 0.2) is 0 Å². The molecule has 1 heterocycles. The first-order valence-corrected chi connectivity index (χ1v) is 4.82. The van der Waals surface area contributed by atoms with Crippen LogP contribution in [0.5, 0.6) is 0 Å². The fourth-order valence-electron chi connectivity index (χ4n) is 1.09. The molecule has 1 saturated heterocycles. The van der Waals surface area contributed by atoms with Crippen molar-refractivity contribution < 1.29 is 18.0 Å². The monoisotopic (exact) mass is 198 g/mol. The second-order valence-electron chi connectivity index (χ2n) is 2.83. The molecule has 0 aromatic heterocycles. The van der Waals surface area contributed by atoms with Gasteiger partial charge in [-0.2, -0.15) is 24.9 Å². The zero-order valence-corrected chi connectivity index (χ0v) is 7.17. The molecule has 0 aliphatic carbocycles. The molecule has 1 unspecified atom stereocenters. The molecule has 70 valence electrons. The predicted octanol–water partition coefficient (Wildman–Crippen LogP) is 2.26. The SMILES string of the molecule is O=C1CSCC1CCC(F)(F)F. The standard InChI is InChI=1S/C7H9F3OS/c8-7(9,10)2-1-5-3-12-4-6(5)11/h5H,1-4H2. The van der Waals surface area contributed by atoms with E-state index < -0.39 is 12.6 Å². The van der Waals surface area contributed by atoms with Crippen molar-refractivity contribution in [2.45, 2.75) is 19.0 Å². The smallest absolute Gasteiger partial charge is 0.298 e. The molecule has 1 nitrogen and oxygen atoms in total. The van der Waals surface area contributed by atoms with Gasteiger partial charge in [0.05, 0.1) is 5.75 Å². The molecular formula is C7H9F3OS. The predicted molar refractivity (Wildman–Crippen MR) is 41.1 cm³/mol. The van der Waals surface area contributed by atoms with Crippen molar-refractivity contribution in [2.24, 2.45) is 5.92 Å². The Labute approximate surface area is 72.7 Å². The molecule has 1 aliphatic heterocycles. The molecule has 1 rings (SSSR count). The number of hydrogen-bond acceptors (Lipinski definition) is 2. The first-order chi connectivity index (χ1) is 5.49. The summed E-state index contributed by atoms with van der Waals surface area (Å²) < 4.78 is 35.2. The van der Waals surface area contributed by atoms with Crippen LogP contribution in [0.4, 0.5) is 13.2 Å². The number of hydrogen-bond donors (Lipinski definition) is 0. The molecule has 0 amide bonds. The zero-order valence-electron chi connectivity index (χ0n) is 6.36. The average molecular weight is 198 g/mol. The van der Waals surface area contributed by atoms with Crippen LogP contribution < -0.4 is 0 Å². The van der Waals surface area contributed by atoms with Gasteiger partial charge in [-0.3, -0.25) is 4.79 Å². The molecule has 0 bridgehead atoms. The highest BCUT2D eigenvalue weighted by molar-refractivity contribution is 8.00. The second kappa shape index (κ2) is 3.68. The lowest BCUT2D eigenvalue weighted by molar-refractivity contribution is -0.139. The van der Waals surface area contributed by atoms with E-state index in [9.17, 15) is 18.0 Å². The second-order valence-corrected chi connectivity index (χ2v) is 3.86. The van der Waals surface area contributed by atoms with Crippen molar-refractivity contribution in [3.05, 3.63) is 0 Å². The molecule has 1 fully saturated rings. The summed E-state index contributed by atoms with van der Waals surface area (Å²) >= 11 is 1.42. The van der Waals surface area contributed by atoms with Gasteiger partial charge in [0.2, 0.25) is 0 Å². The maximum absolute atomic E-state index is 11.7. The van der Waals surface area contributed by atoms with E-state index in [4.69, 9.17) is 0 Å². The van der Waals surface area contributed by atoms with E-state index in [1.807, 2.05) is 0 Å². The number of thioether (sulfide) groups is 1. The van der Waals surface area contributed by atoms with Crippen LogP contribution in [0.1, 0.15) is 12.8 Å². The molecule has 0 radical (unpaired) electrons. The lowest BCUT2D eigenvalue weighted by Gasteiger charge is -2.08. The zero-order chi connectivity index (χ0) is 9.19. The van der Waals surface area contributed by atoms with E-state index in [1.165, 1.54) is 11.8 Å². The summed E-state index contributed by atoms with van der Waals surface area (Å²) in [6.45, 7) is 0. The summed E-state index contributed by atoms with van der Waals surface area (Å²) in [6.07, 6.45) is -4.98. The highest BCUT2D eigenvalue weighted by Gasteiger charge is 2.32. The Morgan fingerprint density at radius 1 is 1.50 bits per heavy atom. The average Bonchev–Trinajstić information content (AvgIpc) is 2.29. The molecule has 1 aliphatic rings. The van der Waals surface area contributed by atoms with Crippen molar-refractivity contribution in [1.82, 2.24) is 0 Å². The number of rotatable bonds is 2. The van der Waals surface area contributed by atoms with Gasteiger partial charge in [-0.1, -0.05) is 0 Å². The Kier molecular flexibility index (Phi) is 3.04. The van der Waals surface area contributed by atoms with Gasteiger partial charge in [0, 0.05) is 18.1 Å². The molecule has 12 heavy (non-hydrogen) atoms. The number of halogens is 3. The van der Waals surface area contributed by atoms with Crippen LogP contribution in [0, 0.1) is 5.92 Å². The highest BCUT2D eigenvalue weighted by atomic mass is 32.2. The summed E-state index contributed by atoms with van der Waals surface area (Å²) in [5.74, 6) is 0.582. The van der Waals surface area contributed by atoms with Crippen molar-refractivity contribution >= 4 is 17.5 Å². The van der Waals surface area contributed by atoms with E-state index in [2.05, 4.69) is 0 Å². The minimum atomic E-state index is -4.12. The van der Waals surface area contributed by atoms with E-state index in [-0.39, 0.29) is 18.1 Å². The number of carbonyl (C=O) groups is 1. The van der Waals surface area contributed by atoms with Crippen molar-refractivity contribution in [3.8, 4) is 0 Å². The molecule has 0 saturated carbocycles. The van der Waals surface area contributed by atoms with Crippen LogP contribution in [-0.2, 0) is 4.79 Å². The van der Waals surface area contributed by atoms with Crippen molar-refractivity contribution in [3.63, 3.8) is 0 Å². The minimum Gasteiger partial charge on any atom is -0.298 e. The van der Waals surface area contributed by atoms with E-state index in [1.54, 1.807) is 0 Å². The topological polar surface area (TPSA) is 17.1 Å². The maximum atomic E-state index is 11.7. The van der Waals surface area contributed by atoms with Gasteiger partial charge in [-0.05, 0) is 6.42 Å². The molecular weight excluding hydrogens is 189 g/mol. The van der Waals surface area contributed by atoms with Crippen molar-refractivity contribution in [1.29, 1.82) is 0 Å². The Balaban J connectivity index is 2.27. The summed E-state index contributed by atoms with van der Waals surface area (Å²) in [5.41, 5.74) is 0. The lowest BCUT2D eigenvalue weighted by atomic mass is 10.0. The Hall–Kier alpha value is -0.190. The van der Waals surface area contributed by atoms with Gasteiger partial charge in [-0.25, -0.2) is 0 Å². The lowest BCUT2D eigenvalue weighted by Crippen LogP contribution is -2.16. The van der Waals surface area contributed by atoms with Crippen LogP contribution in [0.2, 0.25) is 0 Å². The van der Waals surface area contributed by atoms with E-state index >= 15 is 0 Å². The molecule has 0 spiro atoms. The van der Waals surface area contributed by atoms with E-state index in [0.717, 1.165) is 0 Å². The van der Waals surface area contributed by atoms with Crippen LogP contribution in [-0.4, -0.2) is 23.5 Å². The molecule has 0 N–H and O–H groups in total. The largest absolute Gasteiger partial charge is 0.389 e. The quantitative estimate of drug-likeness (QED) is 0.677. The van der Waals surface area contributed by atoms with Gasteiger partial charge in [-0.15, -0.1) is 0 Å². The first kappa shape index (κ1) is 9.89. The summed E-state index contributed by atoms with van der Waals surface area (Å²) in [4.78, 5) is 10.9. The minimum absolute atomic E-state index is 0.0238. The molecule has 0 aromatic rings. The summed E-state index contributed by atoms with van der Waals surface area (Å²) in [7, 11) is 0. The van der Waals surface area contributed by atoms with Crippen LogP contribution in [0.25, 0.3) is 0 Å². The van der Waals surface area contributed by atoms with E-state index in [0.29, 0.717) is 11.5 Å². The van der Waals surface area contributed by atoms with Crippen LogP contribution in [0.15, 0.2) is 0 Å². The number of ketones is 1. The third-order valence-corrected chi connectivity index (χ3v) is 2.92. The Morgan fingerprint density at radius 2 is 2.17 bits per heavy atom. The van der Waals surface area contributed by atoms with Crippen LogP contribution in [0.3, 0.4) is 0 Å². The number of Topliss-reactive ketones (excluding diaryl/α,β-unsaturated/α-hetero) is 1. The highest BCUT2D eigenvalue weighted by Crippen LogP contribution is 2.29. The third kappa shape index (κ3) is 3.05. The summed E-state index contributed by atoms with van der Waals surface area (Å²) in [6, 6.07) is 0. The van der Waals surface area contributed by atoms with Gasteiger partial charge >= 0.3 is 6.18 Å². The van der Waals surface area contributed by atoms with Crippen LogP contribution >= 0.6 is 11.8 Å². The van der Waals surface area contributed by atoms with Gasteiger partial charge < -0.3 is 0 Å². The maximum Gasteiger partial charge on any atom is 0.389 e. The number of alkyl halides is 3. The number of carbonyl (C=O) groups excluding carboxylic acids is 1. The van der Waals surface area contributed by atoms with Gasteiger partial charge in [0.1, 0.15) is 5.78 Å². The fourth-order valence-corrected chi connectivity index (χ4v) is 2.29. The Bertz CT molecular complexity index is 178. The molecule has 5 heteroatoms. The van der Waals surface area contributed by atoms with Gasteiger partial charge in [0.25, 0.3) is 0 Å². The summed E-state index contributed by atoms with van der Waals surface area (Å²) in [5, 5.41) is 0. The molecule has 1 atom stereocenters. The van der Waals surface area contributed by atoms with Crippen molar-refractivity contribution in [2.75, 3.05) is 11.5 Å². The Morgan fingerprint density at radius 3 is 2.58 bits per heavy atom. The first-order valence-electron chi connectivity index (χ1n) is 3.66.